The van der Waals surface area contributed by atoms with Crippen molar-refractivity contribution in [1.29, 1.82) is 0 Å². The molecular formula is C17H14ClN3O. The highest BCUT2D eigenvalue weighted by atomic mass is 35.5. The number of hydrogen-bond donors (Lipinski definition) is 1. The van der Waals surface area contributed by atoms with Crippen LogP contribution in [0.2, 0.25) is 5.15 Å². The van der Waals surface area contributed by atoms with E-state index in [0.29, 0.717) is 11.0 Å². The minimum Gasteiger partial charge on any atom is -0.495 e. The van der Waals surface area contributed by atoms with Crippen LogP contribution in [0.4, 0.5) is 11.5 Å². The van der Waals surface area contributed by atoms with Gasteiger partial charge in [0.05, 0.1) is 18.4 Å². The van der Waals surface area contributed by atoms with E-state index >= 15 is 0 Å². The highest BCUT2D eigenvalue weighted by Gasteiger charge is 2.13. The molecule has 2 aromatic carbocycles. The maximum atomic E-state index is 6.28. The number of para-hydroxylation sites is 2. The van der Waals surface area contributed by atoms with E-state index in [1.807, 2.05) is 54.6 Å². The third-order valence-electron chi connectivity index (χ3n) is 3.22. The number of benzene rings is 2. The first-order valence-electron chi connectivity index (χ1n) is 6.75. The number of hydrogen-bond acceptors (Lipinski definition) is 4. The second-order valence-corrected chi connectivity index (χ2v) is 4.94. The van der Waals surface area contributed by atoms with Gasteiger partial charge in [0.1, 0.15) is 23.0 Å². The van der Waals surface area contributed by atoms with E-state index in [9.17, 15) is 0 Å². The maximum absolute atomic E-state index is 6.28. The Bertz CT molecular complexity index is 778. The van der Waals surface area contributed by atoms with Gasteiger partial charge in [-0.1, -0.05) is 54.1 Å². The first kappa shape index (κ1) is 14.4. The van der Waals surface area contributed by atoms with Gasteiger partial charge in [0, 0.05) is 0 Å². The summed E-state index contributed by atoms with van der Waals surface area (Å²) in [5.74, 6) is 1.37. The standard InChI is InChI=1S/C17H14ClN3O/c1-22-14-10-6-5-9-13(14)21-17-15(16(18)19-11-20-17)12-7-3-2-4-8-12/h2-11H,1H3,(H,19,20,21). The molecule has 5 heteroatoms. The fourth-order valence-corrected chi connectivity index (χ4v) is 2.44. The summed E-state index contributed by atoms with van der Waals surface area (Å²) < 4.78 is 5.35. The molecule has 0 fully saturated rings. The summed E-state index contributed by atoms with van der Waals surface area (Å²) in [5, 5.41) is 3.67. The summed E-state index contributed by atoms with van der Waals surface area (Å²) in [6.07, 6.45) is 1.44. The number of halogens is 1. The number of rotatable bonds is 4. The molecule has 0 saturated carbocycles. The lowest BCUT2D eigenvalue weighted by Crippen LogP contribution is -2.00. The average Bonchev–Trinajstić information content (AvgIpc) is 2.56. The van der Waals surface area contributed by atoms with E-state index in [1.54, 1.807) is 7.11 Å². The Hall–Kier alpha value is -2.59. The molecule has 4 nitrogen and oxygen atoms in total. The van der Waals surface area contributed by atoms with E-state index in [0.717, 1.165) is 22.6 Å². The Kier molecular flexibility index (Phi) is 4.21. The molecule has 0 aliphatic carbocycles. The molecule has 0 saturated heterocycles. The Balaban J connectivity index is 2.07. The summed E-state index contributed by atoms with van der Waals surface area (Å²) in [5.41, 5.74) is 2.53. The van der Waals surface area contributed by atoms with E-state index in [1.165, 1.54) is 6.33 Å². The molecule has 110 valence electrons. The molecule has 1 aromatic heterocycles. The molecule has 1 heterocycles. The van der Waals surface area contributed by atoms with Gasteiger partial charge in [0.2, 0.25) is 0 Å². The SMILES string of the molecule is COc1ccccc1Nc1ncnc(Cl)c1-c1ccccc1. The van der Waals surface area contributed by atoms with Gasteiger partial charge in [0.25, 0.3) is 0 Å². The largest absolute Gasteiger partial charge is 0.495 e. The highest BCUT2D eigenvalue weighted by Crippen LogP contribution is 2.35. The molecule has 0 unspecified atom stereocenters. The van der Waals surface area contributed by atoms with Crippen LogP contribution in [-0.2, 0) is 0 Å². The Morgan fingerprint density at radius 2 is 1.68 bits per heavy atom. The second-order valence-electron chi connectivity index (χ2n) is 4.58. The van der Waals surface area contributed by atoms with Gasteiger partial charge in [-0.15, -0.1) is 0 Å². The molecule has 0 bridgehead atoms. The molecule has 0 atom stereocenters. The minimum atomic E-state index is 0.401. The number of aromatic nitrogens is 2. The van der Waals surface area contributed by atoms with Crippen molar-refractivity contribution in [2.75, 3.05) is 12.4 Å². The van der Waals surface area contributed by atoms with Crippen molar-refractivity contribution in [3.8, 4) is 16.9 Å². The van der Waals surface area contributed by atoms with Crippen LogP contribution >= 0.6 is 11.6 Å². The zero-order valence-corrected chi connectivity index (χ0v) is 12.7. The zero-order valence-electron chi connectivity index (χ0n) is 12.0. The third-order valence-corrected chi connectivity index (χ3v) is 3.51. The van der Waals surface area contributed by atoms with Crippen molar-refractivity contribution in [3.63, 3.8) is 0 Å². The molecular weight excluding hydrogens is 298 g/mol. The van der Waals surface area contributed by atoms with Crippen molar-refractivity contribution in [1.82, 2.24) is 9.97 Å². The molecule has 0 radical (unpaired) electrons. The summed E-state index contributed by atoms with van der Waals surface area (Å²) in [7, 11) is 1.63. The summed E-state index contributed by atoms with van der Waals surface area (Å²) in [6, 6.07) is 17.4. The molecule has 0 amide bonds. The van der Waals surface area contributed by atoms with Gasteiger partial charge in [-0.25, -0.2) is 9.97 Å². The van der Waals surface area contributed by atoms with Crippen molar-refractivity contribution < 1.29 is 4.74 Å². The average molecular weight is 312 g/mol. The minimum absolute atomic E-state index is 0.401. The predicted octanol–water partition coefficient (Wildman–Crippen LogP) is 4.55. The molecule has 3 aromatic rings. The van der Waals surface area contributed by atoms with Gasteiger partial charge in [-0.3, -0.25) is 0 Å². The van der Waals surface area contributed by atoms with Gasteiger partial charge >= 0.3 is 0 Å². The van der Waals surface area contributed by atoms with E-state index in [2.05, 4.69) is 15.3 Å². The quantitative estimate of drug-likeness (QED) is 0.718. The number of ether oxygens (including phenoxy) is 1. The van der Waals surface area contributed by atoms with Gasteiger partial charge < -0.3 is 10.1 Å². The van der Waals surface area contributed by atoms with Crippen molar-refractivity contribution in [2.45, 2.75) is 0 Å². The van der Waals surface area contributed by atoms with E-state index in [4.69, 9.17) is 16.3 Å². The number of methoxy groups -OCH3 is 1. The van der Waals surface area contributed by atoms with Crippen LogP contribution in [0.3, 0.4) is 0 Å². The Labute approximate surface area is 133 Å². The lowest BCUT2D eigenvalue weighted by molar-refractivity contribution is 0.417. The van der Waals surface area contributed by atoms with Crippen molar-refractivity contribution in [2.24, 2.45) is 0 Å². The summed E-state index contributed by atoms with van der Waals surface area (Å²) >= 11 is 6.28. The van der Waals surface area contributed by atoms with Crippen LogP contribution in [0.25, 0.3) is 11.1 Å². The highest BCUT2D eigenvalue weighted by molar-refractivity contribution is 6.32. The van der Waals surface area contributed by atoms with Gasteiger partial charge in [-0.2, -0.15) is 0 Å². The first-order chi connectivity index (χ1) is 10.8. The lowest BCUT2D eigenvalue weighted by atomic mass is 10.1. The van der Waals surface area contributed by atoms with Crippen molar-refractivity contribution in [3.05, 3.63) is 66.1 Å². The Morgan fingerprint density at radius 1 is 0.955 bits per heavy atom. The van der Waals surface area contributed by atoms with Crippen LogP contribution in [0.15, 0.2) is 60.9 Å². The molecule has 0 spiro atoms. The fourth-order valence-electron chi connectivity index (χ4n) is 2.19. The van der Waals surface area contributed by atoms with Crippen LogP contribution in [0.1, 0.15) is 0 Å². The van der Waals surface area contributed by atoms with E-state index < -0.39 is 0 Å². The predicted molar refractivity (Wildman–Crippen MR) is 88.8 cm³/mol. The summed E-state index contributed by atoms with van der Waals surface area (Å²) in [4.78, 5) is 8.41. The van der Waals surface area contributed by atoms with Gasteiger partial charge in [0.15, 0.2) is 0 Å². The maximum Gasteiger partial charge on any atom is 0.143 e. The van der Waals surface area contributed by atoms with Crippen molar-refractivity contribution >= 4 is 23.1 Å². The first-order valence-corrected chi connectivity index (χ1v) is 7.13. The van der Waals surface area contributed by atoms with Crippen LogP contribution < -0.4 is 10.1 Å². The smallest absolute Gasteiger partial charge is 0.143 e. The Morgan fingerprint density at radius 3 is 2.45 bits per heavy atom. The van der Waals surface area contributed by atoms with Crippen LogP contribution in [0, 0.1) is 0 Å². The molecule has 1 N–H and O–H groups in total. The topological polar surface area (TPSA) is 47.0 Å². The molecule has 22 heavy (non-hydrogen) atoms. The van der Waals surface area contributed by atoms with Crippen LogP contribution in [-0.4, -0.2) is 17.1 Å². The van der Waals surface area contributed by atoms with Crippen LogP contribution in [0.5, 0.6) is 5.75 Å². The zero-order chi connectivity index (χ0) is 15.4. The summed E-state index contributed by atoms with van der Waals surface area (Å²) in [6.45, 7) is 0. The fraction of sp³-hybridized carbons (Fsp3) is 0.0588. The number of anilines is 2. The normalized spacial score (nSPS) is 10.3. The number of nitrogens with zero attached hydrogens (tertiary/aromatic N) is 2. The molecule has 0 aliphatic heterocycles. The lowest BCUT2D eigenvalue weighted by Gasteiger charge is -2.14. The molecule has 0 aliphatic rings. The van der Waals surface area contributed by atoms with Gasteiger partial charge in [-0.05, 0) is 17.7 Å². The second kappa shape index (κ2) is 6.45. The molecule has 3 rings (SSSR count). The monoisotopic (exact) mass is 311 g/mol. The number of nitrogens with one attached hydrogen (secondary N) is 1. The third kappa shape index (κ3) is 2.87. The van der Waals surface area contributed by atoms with E-state index in [-0.39, 0.29) is 0 Å².